The summed E-state index contributed by atoms with van der Waals surface area (Å²) in [5.74, 6) is 0. The minimum absolute atomic E-state index is 0.0972. The van der Waals surface area contributed by atoms with Gasteiger partial charge in [0, 0.05) is 0 Å². The molecule has 13 heavy (non-hydrogen) atoms. The predicted octanol–water partition coefficient (Wildman–Crippen LogP) is 1.46. The summed E-state index contributed by atoms with van der Waals surface area (Å²) in [4.78, 5) is 8.39. The largest absolute Gasteiger partial charge is 0.326 e. The van der Waals surface area contributed by atoms with Gasteiger partial charge in [-0.15, -0.1) is 0 Å². The lowest BCUT2D eigenvalue weighted by Gasteiger charge is -1.99. The van der Waals surface area contributed by atoms with Crippen molar-refractivity contribution in [2.45, 2.75) is 6.61 Å². The first-order valence-electron chi connectivity index (χ1n) is 3.57. The normalized spacial score (nSPS) is 12.0. The first-order valence-corrected chi connectivity index (χ1v) is 4.83. The third-order valence-corrected chi connectivity index (χ3v) is 1.84. The molecule has 1 unspecified atom stereocenters. The first-order chi connectivity index (χ1) is 6.22. The summed E-state index contributed by atoms with van der Waals surface area (Å²) in [7, 11) is -2.86. The second kappa shape index (κ2) is 4.78. The van der Waals surface area contributed by atoms with E-state index in [0.29, 0.717) is 5.56 Å². The molecule has 1 rings (SSSR count). The van der Waals surface area contributed by atoms with E-state index < -0.39 is 8.25 Å². The molecule has 0 radical (unpaired) electrons. The summed E-state index contributed by atoms with van der Waals surface area (Å²) in [5.41, 5.74) is 1.33. The zero-order valence-corrected chi connectivity index (χ0v) is 7.73. The van der Waals surface area contributed by atoms with E-state index in [0.717, 1.165) is 5.56 Å². The summed E-state index contributed by atoms with van der Waals surface area (Å²) < 4.78 is 14.7. The van der Waals surface area contributed by atoms with E-state index in [9.17, 15) is 4.57 Å². The van der Waals surface area contributed by atoms with Crippen LogP contribution >= 0.6 is 8.25 Å². The molecule has 0 saturated heterocycles. The molecule has 0 bridgehead atoms. The zero-order chi connectivity index (χ0) is 9.68. The third kappa shape index (κ3) is 3.39. The maximum absolute atomic E-state index is 10.2. The predicted molar refractivity (Wildman–Crippen MR) is 47.2 cm³/mol. The Morgan fingerprint density at radius 3 is 2.54 bits per heavy atom. The van der Waals surface area contributed by atoms with Gasteiger partial charge >= 0.3 is 8.25 Å². The van der Waals surface area contributed by atoms with Crippen LogP contribution in [0.25, 0.3) is 0 Å². The van der Waals surface area contributed by atoms with Gasteiger partial charge < -0.3 is 9.42 Å². The average Bonchev–Trinajstić information content (AvgIpc) is 2.15. The highest BCUT2D eigenvalue weighted by atomic mass is 31.1. The molecule has 0 aliphatic heterocycles. The third-order valence-electron chi connectivity index (χ3n) is 1.45. The Labute approximate surface area is 76.3 Å². The second-order valence-electron chi connectivity index (χ2n) is 2.36. The monoisotopic (exact) mass is 197 g/mol. The van der Waals surface area contributed by atoms with Gasteiger partial charge in [-0.25, -0.2) is 0 Å². The number of nitrogens with zero attached hydrogens (tertiary/aromatic N) is 1. The maximum atomic E-state index is 10.2. The van der Waals surface area contributed by atoms with E-state index in [1.165, 1.54) is 0 Å². The molecule has 0 fully saturated rings. The topological polar surface area (TPSA) is 70.3 Å². The molecular weight excluding hydrogens is 189 g/mol. The summed E-state index contributed by atoms with van der Waals surface area (Å²) in [6.45, 7) is 0.0972. The van der Waals surface area contributed by atoms with Crippen LogP contribution < -0.4 is 0 Å². The van der Waals surface area contributed by atoms with Crippen LogP contribution in [0.4, 0.5) is 0 Å². The van der Waals surface area contributed by atoms with Crippen molar-refractivity contribution in [3.63, 3.8) is 0 Å². The molecule has 5 heteroatoms. The second-order valence-corrected chi connectivity index (χ2v) is 3.18. The number of nitriles is 1. The molecule has 1 atom stereocenters. The van der Waals surface area contributed by atoms with Gasteiger partial charge in [-0.1, -0.05) is 12.1 Å². The Balaban J connectivity index is 2.60. The fraction of sp³-hybridized carbons (Fsp3) is 0.125. The summed E-state index contributed by atoms with van der Waals surface area (Å²) in [6.07, 6.45) is 0. The Bertz CT molecular complexity index is 341. The van der Waals surface area contributed by atoms with Crippen LogP contribution in [0.15, 0.2) is 24.3 Å². The highest BCUT2D eigenvalue weighted by Crippen LogP contribution is 2.17. The van der Waals surface area contributed by atoms with E-state index in [4.69, 9.17) is 10.2 Å². The van der Waals surface area contributed by atoms with Gasteiger partial charge in [0.2, 0.25) is 0 Å². The van der Waals surface area contributed by atoms with Crippen LogP contribution in [0.1, 0.15) is 11.1 Å². The number of hydrogen-bond acceptors (Lipinski definition) is 3. The maximum Gasteiger partial charge on any atom is 0.316 e. The van der Waals surface area contributed by atoms with E-state index in [1.807, 2.05) is 6.07 Å². The van der Waals surface area contributed by atoms with Crippen molar-refractivity contribution in [2.75, 3.05) is 0 Å². The van der Waals surface area contributed by atoms with Crippen molar-refractivity contribution in [3.8, 4) is 6.07 Å². The van der Waals surface area contributed by atoms with Gasteiger partial charge in [0.15, 0.2) is 0 Å². The van der Waals surface area contributed by atoms with Crippen molar-refractivity contribution in [1.82, 2.24) is 0 Å². The number of hydrogen-bond donors (Lipinski definition) is 1. The van der Waals surface area contributed by atoms with E-state index >= 15 is 0 Å². The average molecular weight is 197 g/mol. The molecule has 68 valence electrons. The first kappa shape index (κ1) is 9.94. The molecule has 1 aromatic carbocycles. The van der Waals surface area contributed by atoms with Crippen molar-refractivity contribution in [1.29, 1.82) is 5.26 Å². The van der Waals surface area contributed by atoms with E-state index in [-0.39, 0.29) is 6.61 Å². The fourth-order valence-electron chi connectivity index (χ4n) is 0.821. The van der Waals surface area contributed by atoms with Gasteiger partial charge in [-0.2, -0.15) is 5.26 Å². The highest BCUT2D eigenvalue weighted by Gasteiger charge is 1.96. The molecule has 0 aliphatic carbocycles. The van der Waals surface area contributed by atoms with Gasteiger partial charge in [0.25, 0.3) is 0 Å². The molecule has 0 heterocycles. The van der Waals surface area contributed by atoms with Crippen molar-refractivity contribution < 1.29 is 14.0 Å². The molecule has 4 nitrogen and oxygen atoms in total. The summed E-state index contributed by atoms with van der Waals surface area (Å²) in [5, 5.41) is 8.48. The molecule has 0 aliphatic rings. The van der Waals surface area contributed by atoms with E-state index in [1.54, 1.807) is 24.3 Å². The Morgan fingerprint density at radius 1 is 1.46 bits per heavy atom. The van der Waals surface area contributed by atoms with Crippen molar-refractivity contribution >= 4 is 8.25 Å². The van der Waals surface area contributed by atoms with Crippen LogP contribution in [0.3, 0.4) is 0 Å². The smallest absolute Gasteiger partial charge is 0.316 e. The van der Waals surface area contributed by atoms with Crippen LogP contribution in [0.5, 0.6) is 0 Å². The Hall–Kier alpha value is -1.14. The number of benzene rings is 1. The Kier molecular flexibility index (Phi) is 3.66. The lowest BCUT2D eigenvalue weighted by Crippen LogP contribution is -1.85. The summed E-state index contributed by atoms with van der Waals surface area (Å²) in [6, 6.07) is 8.61. The van der Waals surface area contributed by atoms with Crippen LogP contribution in [0.2, 0.25) is 0 Å². The van der Waals surface area contributed by atoms with Gasteiger partial charge in [0.1, 0.15) is 0 Å². The minimum Gasteiger partial charge on any atom is -0.326 e. The molecule has 0 spiro atoms. The molecule has 0 saturated carbocycles. The number of rotatable bonds is 3. The van der Waals surface area contributed by atoms with Gasteiger partial charge in [-0.3, -0.25) is 4.57 Å². The van der Waals surface area contributed by atoms with Crippen LogP contribution in [0, 0.1) is 11.3 Å². The molecule has 1 aromatic rings. The molecule has 0 aromatic heterocycles. The molecular formula is C8H8NO3P. The van der Waals surface area contributed by atoms with Gasteiger partial charge in [-0.05, 0) is 17.7 Å². The fourth-order valence-corrected chi connectivity index (χ4v) is 1.11. The van der Waals surface area contributed by atoms with Crippen LogP contribution in [-0.2, 0) is 15.7 Å². The van der Waals surface area contributed by atoms with Crippen molar-refractivity contribution in [3.05, 3.63) is 35.4 Å². The summed E-state index contributed by atoms with van der Waals surface area (Å²) >= 11 is 0. The quantitative estimate of drug-likeness (QED) is 0.744. The van der Waals surface area contributed by atoms with Gasteiger partial charge in [0.05, 0.1) is 18.2 Å². The standard InChI is InChI=1S/C8H8NO3P/c9-5-7-1-3-8(4-2-7)6-12-13(10)11/h1-4,13H,6H2,(H,10,11). The molecule has 0 amide bonds. The van der Waals surface area contributed by atoms with Crippen LogP contribution in [-0.4, -0.2) is 4.89 Å². The minimum atomic E-state index is -2.86. The lowest BCUT2D eigenvalue weighted by molar-refractivity contribution is 0.272. The SMILES string of the molecule is N#Cc1ccc(CO[PH](=O)O)cc1. The Morgan fingerprint density at radius 2 is 2.08 bits per heavy atom. The lowest BCUT2D eigenvalue weighted by atomic mass is 10.2. The van der Waals surface area contributed by atoms with Crippen molar-refractivity contribution in [2.24, 2.45) is 0 Å². The zero-order valence-electron chi connectivity index (χ0n) is 6.73. The van der Waals surface area contributed by atoms with E-state index in [2.05, 4.69) is 4.52 Å². The molecule has 1 N–H and O–H groups in total. The highest BCUT2D eigenvalue weighted by molar-refractivity contribution is 7.32.